The highest BCUT2D eigenvalue weighted by Crippen LogP contribution is 2.42. The lowest BCUT2D eigenvalue weighted by molar-refractivity contribution is -0.137. The number of anilines is 1. The van der Waals surface area contributed by atoms with Crippen LogP contribution in [0.25, 0.3) is 0 Å². The van der Waals surface area contributed by atoms with Crippen LogP contribution >= 0.6 is 11.8 Å². The second-order valence-electron chi connectivity index (χ2n) is 7.57. The molecule has 2 heterocycles. The van der Waals surface area contributed by atoms with Crippen LogP contribution in [0.4, 0.5) is 18.9 Å². The number of carbonyl (C=O) groups is 2. The molecule has 0 aromatic heterocycles. The topological polar surface area (TPSA) is 40.6 Å². The first kappa shape index (κ1) is 18.7. The van der Waals surface area contributed by atoms with Gasteiger partial charge in [-0.05, 0) is 37.5 Å². The Kier molecular flexibility index (Phi) is 4.64. The molecule has 3 aliphatic rings. The van der Waals surface area contributed by atoms with E-state index < -0.39 is 17.7 Å². The molecule has 2 amide bonds. The van der Waals surface area contributed by atoms with E-state index in [0.717, 1.165) is 25.0 Å². The highest BCUT2D eigenvalue weighted by molar-refractivity contribution is 8.00. The number of amides is 2. The Morgan fingerprint density at radius 1 is 1.22 bits per heavy atom. The van der Waals surface area contributed by atoms with E-state index in [2.05, 4.69) is 0 Å². The van der Waals surface area contributed by atoms with Gasteiger partial charge in [-0.2, -0.15) is 13.2 Å². The molecule has 27 heavy (non-hydrogen) atoms. The van der Waals surface area contributed by atoms with Gasteiger partial charge >= 0.3 is 6.18 Å². The molecule has 1 aromatic rings. The zero-order valence-electron chi connectivity index (χ0n) is 15.0. The third-order valence-corrected chi connectivity index (χ3v) is 6.66. The molecule has 1 aliphatic carbocycles. The van der Waals surface area contributed by atoms with Gasteiger partial charge in [0.15, 0.2) is 0 Å². The summed E-state index contributed by atoms with van der Waals surface area (Å²) in [5.41, 5.74) is -0.433. The summed E-state index contributed by atoms with van der Waals surface area (Å²) in [6.45, 7) is 2.76. The number of thioether (sulfide) groups is 1. The predicted molar refractivity (Wildman–Crippen MR) is 96.6 cm³/mol. The van der Waals surface area contributed by atoms with Crippen LogP contribution in [0.1, 0.15) is 38.2 Å². The molecule has 1 aromatic carbocycles. The lowest BCUT2D eigenvalue weighted by Gasteiger charge is -2.26. The highest BCUT2D eigenvalue weighted by atomic mass is 32.2. The Morgan fingerprint density at radius 2 is 1.96 bits per heavy atom. The first-order valence-corrected chi connectivity index (χ1v) is 10.1. The summed E-state index contributed by atoms with van der Waals surface area (Å²) in [6.07, 6.45) is -1.66. The molecule has 4 nitrogen and oxygen atoms in total. The molecule has 2 atom stereocenters. The lowest BCUT2D eigenvalue weighted by atomic mass is 10.1. The van der Waals surface area contributed by atoms with Gasteiger partial charge in [0.25, 0.3) is 0 Å². The largest absolute Gasteiger partial charge is 0.416 e. The van der Waals surface area contributed by atoms with E-state index in [1.165, 1.54) is 22.7 Å². The number of halogens is 3. The van der Waals surface area contributed by atoms with Crippen molar-refractivity contribution in [1.82, 2.24) is 4.90 Å². The van der Waals surface area contributed by atoms with Crippen molar-refractivity contribution in [1.29, 1.82) is 0 Å². The number of hydrogen-bond donors (Lipinski definition) is 0. The maximum Gasteiger partial charge on any atom is 0.416 e. The van der Waals surface area contributed by atoms with Crippen molar-refractivity contribution in [2.24, 2.45) is 5.92 Å². The third-order valence-electron chi connectivity index (χ3n) is 5.43. The van der Waals surface area contributed by atoms with Gasteiger partial charge in [-0.15, -0.1) is 11.8 Å². The molecular formula is C19H21F3N2O2S. The Bertz CT molecular complexity index is 779. The minimum Gasteiger partial charge on any atom is -0.339 e. The summed E-state index contributed by atoms with van der Waals surface area (Å²) in [5, 5.41) is 0.200. The Balaban J connectivity index is 1.64. The van der Waals surface area contributed by atoms with Gasteiger partial charge < -0.3 is 9.80 Å². The van der Waals surface area contributed by atoms with Crippen molar-refractivity contribution >= 4 is 29.3 Å². The smallest absolute Gasteiger partial charge is 0.339 e. The van der Waals surface area contributed by atoms with E-state index in [1.807, 2.05) is 6.92 Å². The summed E-state index contributed by atoms with van der Waals surface area (Å²) in [4.78, 5) is 29.3. The molecular weight excluding hydrogens is 377 g/mol. The minimum atomic E-state index is -4.46. The number of fused-ring (bicyclic) bond motifs is 1. The zero-order valence-corrected chi connectivity index (χ0v) is 15.8. The zero-order chi connectivity index (χ0) is 19.3. The molecule has 0 N–H and O–H groups in total. The van der Waals surface area contributed by atoms with Crippen LogP contribution in [0.2, 0.25) is 0 Å². The van der Waals surface area contributed by atoms with Gasteiger partial charge in [0, 0.05) is 35.7 Å². The molecule has 2 unspecified atom stereocenters. The fourth-order valence-corrected chi connectivity index (χ4v) is 4.89. The normalized spacial score (nSPS) is 26.1. The van der Waals surface area contributed by atoms with Crippen LogP contribution in [0.3, 0.4) is 0 Å². The van der Waals surface area contributed by atoms with Gasteiger partial charge in [0.05, 0.1) is 17.2 Å². The quantitative estimate of drug-likeness (QED) is 0.758. The molecule has 146 valence electrons. The molecule has 0 spiro atoms. The van der Waals surface area contributed by atoms with Crippen molar-refractivity contribution in [3.63, 3.8) is 0 Å². The molecule has 8 heteroatoms. The van der Waals surface area contributed by atoms with Crippen LogP contribution in [-0.4, -0.2) is 41.1 Å². The summed E-state index contributed by atoms with van der Waals surface area (Å²) in [5.74, 6) is -0.724. The van der Waals surface area contributed by atoms with Gasteiger partial charge in [0.2, 0.25) is 11.8 Å². The number of alkyl halides is 3. The van der Waals surface area contributed by atoms with Crippen LogP contribution < -0.4 is 4.90 Å². The third kappa shape index (κ3) is 3.68. The number of hydrogen-bond acceptors (Lipinski definition) is 3. The number of nitrogens with zero attached hydrogens (tertiary/aromatic N) is 2. The van der Waals surface area contributed by atoms with E-state index in [0.29, 0.717) is 30.1 Å². The maximum atomic E-state index is 13.2. The van der Waals surface area contributed by atoms with Crippen molar-refractivity contribution in [3.8, 4) is 0 Å². The molecule has 4 rings (SSSR count). The van der Waals surface area contributed by atoms with Crippen molar-refractivity contribution in [3.05, 3.63) is 23.8 Å². The SMILES string of the molecule is CC1CCN(C(=O)C2CC(=O)N(C3CC3)C2)c2cc(C(F)(F)F)ccc2S1. The van der Waals surface area contributed by atoms with Crippen LogP contribution in [-0.2, 0) is 15.8 Å². The van der Waals surface area contributed by atoms with E-state index in [-0.39, 0.29) is 29.5 Å². The number of benzene rings is 1. The van der Waals surface area contributed by atoms with E-state index in [9.17, 15) is 22.8 Å². The average Bonchev–Trinajstić information content (AvgIpc) is 3.38. The standard InChI is InChI=1S/C19H21F3N2O2S/c1-11-6-7-23(15-9-13(19(20,21)22)2-5-16(15)27-11)18(26)12-8-17(25)24(10-12)14-3-4-14/h2,5,9,11-12,14H,3-4,6-8,10H2,1H3. The molecule has 1 saturated heterocycles. The summed E-state index contributed by atoms with van der Waals surface area (Å²) in [6, 6.07) is 3.86. The fourth-order valence-electron chi connectivity index (χ4n) is 3.80. The molecule has 0 radical (unpaired) electrons. The minimum absolute atomic E-state index is 0.0160. The van der Waals surface area contributed by atoms with Gasteiger partial charge in [-0.25, -0.2) is 0 Å². The van der Waals surface area contributed by atoms with E-state index in [1.54, 1.807) is 4.90 Å². The maximum absolute atomic E-state index is 13.2. The summed E-state index contributed by atoms with van der Waals surface area (Å²) >= 11 is 1.49. The van der Waals surface area contributed by atoms with E-state index in [4.69, 9.17) is 0 Å². The van der Waals surface area contributed by atoms with Gasteiger partial charge in [0.1, 0.15) is 0 Å². The van der Waals surface area contributed by atoms with Crippen molar-refractivity contribution in [2.75, 3.05) is 18.0 Å². The Labute approximate surface area is 160 Å². The molecule has 2 aliphatic heterocycles. The predicted octanol–water partition coefficient (Wildman–Crippen LogP) is 3.93. The number of carbonyl (C=O) groups excluding carboxylic acids is 2. The van der Waals surface area contributed by atoms with Crippen molar-refractivity contribution < 1.29 is 22.8 Å². The molecule has 2 fully saturated rings. The Hall–Kier alpha value is -1.70. The second kappa shape index (κ2) is 6.72. The van der Waals surface area contributed by atoms with E-state index >= 15 is 0 Å². The summed E-state index contributed by atoms with van der Waals surface area (Å²) in [7, 11) is 0. The van der Waals surface area contributed by atoms with Crippen LogP contribution in [0.5, 0.6) is 0 Å². The monoisotopic (exact) mass is 398 g/mol. The molecule has 0 bridgehead atoms. The first-order chi connectivity index (χ1) is 12.7. The van der Waals surface area contributed by atoms with Crippen LogP contribution in [0.15, 0.2) is 23.1 Å². The lowest BCUT2D eigenvalue weighted by Crippen LogP contribution is -2.38. The first-order valence-electron chi connectivity index (χ1n) is 9.23. The number of likely N-dealkylation sites (tertiary alicyclic amines) is 1. The van der Waals surface area contributed by atoms with Gasteiger partial charge in [-0.1, -0.05) is 6.92 Å². The highest BCUT2D eigenvalue weighted by Gasteiger charge is 2.43. The van der Waals surface area contributed by atoms with Gasteiger partial charge in [-0.3, -0.25) is 9.59 Å². The number of rotatable bonds is 2. The van der Waals surface area contributed by atoms with Crippen LogP contribution in [0, 0.1) is 5.92 Å². The van der Waals surface area contributed by atoms with Crippen molar-refractivity contribution in [2.45, 2.75) is 55.0 Å². The Morgan fingerprint density at radius 3 is 2.63 bits per heavy atom. The molecule has 1 saturated carbocycles. The average molecular weight is 398 g/mol. The second-order valence-corrected chi connectivity index (χ2v) is 9.05. The fraction of sp³-hybridized carbons (Fsp3) is 0.579. The summed E-state index contributed by atoms with van der Waals surface area (Å²) < 4.78 is 39.6.